The molecule has 2 fully saturated rings. The SMILES string of the molecule is COS(=O)(=O)CCOC(=O)C1CC2CCC1(C)C2(C)C. The van der Waals surface area contributed by atoms with Gasteiger partial charge in [0.05, 0.1) is 13.0 Å². The summed E-state index contributed by atoms with van der Waals surface area (Å²) in [5, 5.41) is 0. The first-order valence-corrected chi connectivity index (χ1v) is 8.67. The van der Waals surface area contributed by atoms with Gasteiger partial charge < -0.3 is 4.74 Å². The quantitative estimate of drug-likeness (QED) is 0.573. The maximum absolute atomic E-state index is 12.2. The van der Waals surface area contributed by atoms with E-state index in [4.69, 9.17) is 4.74 Å². The zero-order valence-corrected chi connectivity index (χ0v) is 13.5. The topological polar surface area (TPSA) is 69.7 Å². The second kappa shape index (κ2) is 4.98. The minimum atomic E-state index is -3.56. The number of ether oxygens (including phenoxy) is 1. The molecule has 2 rings (SSSR count). The van der Waals surface area contributed by atoms with Crippen molar-refractivity contribution in [1.82, 2.24) is 0 Å². The highest BCUT2D eigenvalue weighted by Crippen LogP contribution is 2.68. The molecule has 2 aliphatic carbocycles. The number of carbonyl (C=O) groups excluding carboxylic acids is 1. The van der Waals surface area contributed by atoms with E-state index in [9.17, 15) is 13.2 Å². The van der Waals surface area contributed by atoms with E-state index in [1.54, 1.807) is 0 Å². The van der Waals surface area contributed by atoms with E-state index in [0.29, 0.717) is 5.92 Å². The molecule has 2 aliphatic rings. The van der Waals surface area contributed by atoms with E-state index < -0.39 is 10.1 Å². The number of fused-ring (bicyclic) bond motifs is 2. The average Bonchev–Trinajstić information content (AvgIpc) is 2.70. The van der Waals surface area contributed by atoms with Crippen LogP contribution in [0.25, 0.3) is 0 Å². The van der Waals surface area contributed by atoms with Crippen LogP contribution in [0, 0.1) is 22.7 Å². The summed E-state index contributed by atoms with van der Waals surface area (Å²) in [6.07, 6.45) is 3.07. The fourth-order valence-corrected chi connectivity index (χ4v) is 4.44. The third-order valence-corrected chi connectivity index (χ3v) is 7.08. The zero-order chi connectivity index (χ0) is 15.2. The average molecular weight is 304 g/mol. The predicted octanol–water partition coefficient (Wildman–Crippen LogP) is 1.97. The normalized spacial score (nSPS) is 35.2. The molecular formula is C14H24O5S. The number of esters is 1. The molecule has 0 aromatic carbocycles. The molecule has 0 aromatic heterocycles. The lowest BCUT2D eigenvalue weighted by molar-refractivity contribution is -0.153. The number of carbonyl (C=O) groups is 1. The van der Waals surface area contributed by atoms with Gasteiger partial charge in [0.25, 0.3) is 10.1 Å². The molecule has 0 aromatic rings. The van der Waals surface area contributed by atoms with Crippen LogP contribution >= 0.6 is 0 Å². The second-order valence-corrected chi connectivity index (χ2v) is 8.62. The maximum atomic E-state index is 12.2. The molecule has 0 aliphatic heterocycles. The van der Waals surface area contributed by atoms with Gasteiger partial charge in [-0.15, -0.1) is 0 Å². The largest absolute Gasteiger partial charge is 0.464 e. The van der Waals surface area contributed by atoms with Gasteiger partial charge in [-0.25, -0.2) is 0 Å². The van der Waals surface area contributed by atoms with Gasteiger partial charge in [0.1, 0.15) is 12.4 Å². The monoisotopic (exact) mass is 304 g/mol. The van der Waals surface area contributed by atoms with Crippen molar-refractivity contribution in [2.24, 2.45) is 22.7 Å². The Morgan fingerprint density at radius 1 is 1.30 bits per heavy atom. The molecule has 3 atom stereocenters. The van der Waals surface area contributed by atoms with Crippen LogP contribution in [0.3, 0.4) is 0 Å². The number of rotatable bonds is 5. The van der Waals surface area contributed by atoms with Gasteiger partial charge in [-0.05, 0) is 36.0 Å². The first-order chi connectivity index (χ1) is 9.14. The summed E-state index contributed by atoms with van der Waals surface area (Å²) in [4.78, 5) is 12.2. The first kappa shape index (κ1) is 15.8. The lowest BCUT2D eigenvalue weighted by Crippen LogP contribution is -2.37. The Morgan fingerprint density at radius 3 is 2.40 bits per heavy atom. The molecule has 5 nitrogen and oxygen atoms in total. The Kier molecular flexibility index (Phi) is 3.93. The molecule has 2 bridgehead atoms. The molecule has 116 valence electrons. The summed E-state index contributed by atoms with van der Waals surface area (Å²) in [5.41, 5.74) is 0.115. The van der Waals surface area contributed by atoms with Crippen molar-refractivity contribution in [3.8, 4) is 0 Å². The standard InChI is InChI=1S/C14H24O5S/c1-13(2)10-5-6-14(13,3)11(9-10)12(15)19-7-8-20(16,17)18-4/h10-11H,5-9H2,1-4H3. The Hall–Kier alpha value is -0.620. The van der Waals surface area contributed by atoms with Crippen molar-refractivity contribution in [2.75, 3.05) is 19.5 Å². The lowest BCUT2D eigenvalue weighted by Gasteiger charge is -2.38. The Bertz CT molecular complexity index is 496. The lowest BCUT2D eigenvalue weighted by atomic mass is 9.67. The van der Waals surface area contributed by atoms with E-state index in [-0.39, 0.29) is 35.1 Å². The minimum absolute atomic E-state index is 0.0329. The fourth-order valence-electron chi connectivity index (χ4n) is 3.99. The van der Waals surface area contributed by atoms with Crippen LogP contribution in [0.4, 0.5) is 0 Å². The molecule has 2 saturated carbocycles. The van der Waals surface area contributed by atoms with Crippen LogP contribution in [-0.4, -0.2) is 33.9 Å². The number of hydrogen-bond donors (Lipinski definition) is 0. The molecule has 0 amide bonds. The summed E-state index contributed by atoms with van der Waals surface area (Å²) in [5.74, 6) is -0.0887. The van der Waals surface area contributed by atoms with Crippen molar-refractivity contribution >= 4 is 16.1 Å². The van der Waals surface area contributed by atoms with Crippen molar-refractivity contribution < 1.29 is 22.1 Å². The Morgan fingerprint density at radius 2 is 1.95 bits per heavy atom. The van der Waals surface area contributed by atoms with E-state index in [0.717, 1.165) is 20.0 Å². The second-order valence-electron chi connectivity index (χ2n) is 6.76. The van der Waals surface area contributed by atoms with E-state index in [1.807, 2.05) is 0 Å². The maximum Gasteiger partial charge on any atom is 0.309 e. The molecule has 3 unspecified atom stereocenters. The number of hydrogen-bond acceptors (Lipinski definition) is 5. The smallest absolute Gasteiger partial charge is 0.309 e. The van der Waals surface area contributed by atoms with Crippen LogP contribution in [0.2, 0.25) is 0 Å². The van der Waals surface area contributed by atoms with Gasteiger partial charge in [-0.2, -0.15) is 8.42 Å². The van der Waals surface area contributed by atoms with E-state index in [1.165, 1.54) is 6.42 Å². The first-order valence-electron chi connectivity index (χ1n) is 7.09. The van der Waals surface area contributed by atoms with Crippen LogP contribution in [0.5, 0.6) is 0 Å². The molecule has 0 saturated heterocycles. The Labute approximate surface area is 121 Å². The third kappa shape index (κ3) is 2.37. The third-order valence-electron chi connectivity index (χ3n) is 5.91. The minimum Gasteiger partial charge on any atom is -0.464 e. The molecule has 0 spiro atoms. The summed E-state index contributed by atoms with van der Waals surface area (Å²) in [7, 11) is -2.46. The van der Waals surface area contributed by atoms with Crippen LogP contribution in [-0.2, 0) is 23.8 Å². The van der Waals surface area contributed by atoms with Crippen molar-refractivity contribution in [1.29, 1.82) is 0 Å². The fraction of sp³-hybridized carbons (Fsp3) is 0.929. The van der Waals surface area contributed by atoms with Crippen LogP contribution in [0.15, 0.2) is 0 Å². The van der Waals surface area contributed by atoms with Crippen molar-refractivity contribution in [2.45, 2.75) is 40.0 Å². The zero-order valence-electron chi connectivity index (χ0n) is 12.6. The van der Waals surface area contributed by atoms with Crippen LogP contribution in [0.1, 0.15) is 40.0 Å². The molecule has 0 radical (unpaired) electrons. The van der Waals surface area contributed by atoms with E-state index in [2.05, 4.69) is 25.0 Å². The Balaban J connectivity index is 1.95. The molecular weight excluding hydrogens is 280 g/mol. The summed E-state index contributed by atoms with van der Waals surface area (Å²) >= 11 is 0. The van der Waals surface area contributed by atoms with Crippen molar-refractivity contribution in [3.05, 3.63) is 0 Å². The predicted molar refractivity (Wildman–Crippen MR) is 74.5 cm³/mol. The molecule has 6 heteroatoms. The van der Waals surface area contributed by atoms with Gasteiger partial charge in [0.15, 0.2) is 0 Å². The highest BCUT2D eigenvalue weighted by Gasteiger charge is 2.63. The summed E-state index contributed by atoms with van der Waals surface area (Å²) in [6, 6.07) is 0. The van der Waals surface area contributed by atoms with Crippen LogP contribution < -0.4 is 0 Å². The van der Waals surface area contributed by atoms with Gasteiger partial charge in [0.2, 0.25) is 0 Å². The van der Waals surface area contributed by atoms with Crippen molar-refractivity contribution in [3.63, 3.8) is 0 Å². The molecule has 0 N–H and O–H groups in total. The summed E-state index contributed by atoms with van der Waals surface area (Å²) < 4.78 is 31.9. The summed E-state index contributed by atoms with van der Waals surface area (Å²) in [6.45, 7) is 6.49. The van der Waals surface area contributed by atoms with Gasteiger partial charge >= 0.3 is 5.97 Å². The van der Waals surface area contributed by atoms with Gasteiger partial charge in [-0.1, -0.05) is 20.8 Å². The van der Waals surface area contributed by atoms with Gasteiger partial charge in [0, 0.05) is 0 Å². The molecule has 0 heterocycles. The van der Waals surface area contributed by atoms with E-state index >= 15 is 0 Å². The van der Waals surface area contributed by atoms with Gasteiger partial charge in [-0.3, -0.25) is 8.98 Å². The highest BCUT2D eigenvalue weighted by molar-refractivity contribution is 7.86. The molecule has 20 heavy (non-hydrogen) atoms. The highest BCUT2D eigenvalue weighted by atomic mass is 32.2.